The van der Waals surface area contributed by atoms with E-state index in [-0.39, 0.29) is 18.4 Å². The van der Waals surface area contributed by atoms with Gasteiger partial charge in [-0.3, -0.25) is 9.59 Å². The standard InChI is InChI=1S/C24H24N2O3/c1-16-10-8-13-21(18(16)3)26-24(28)19-11-5-7-14-22(19)29-15-23(27)25-20-12-6-4-9-17(20)2/h4-14H,15H2,1-3H3,(H,25,27)(H,26,28). The highest BCUT2D eigenvalue weighted by molar-refractivity contribution is 6.06. The molecule has 0 aliphatic heterocycles. The quantitative estimate of drug-likeness (QED) is 0.632. The molecular formula is C24H24N2O3. The second-order valence-electron chi connectivity index (χ2n) is 6.85. The minimum atomic E-state index is -0.288. The van der Waals surface area contributed by atoms with Gasteiger partial charge in [0.05, 0.1) is 5.56 Å². The molecule has 0 aliphatic rings. The Morgan fingerprint density at radius 1 is 0.759 bits per heavy atom. The highest BCUT2D eigenvalue weighted by Crippen LogP contribution is 2.23. The largest absolute Gasteiger partial charge is 0.483 e. The zero-order valence-corrected chi connectivity index (χ0v) is 16.8. The highest BCUT2D eigenvalue weighted by Gasteiger charge is 2.15. The predicted octanol–water partition coefficient (Wildman–Crippen LogP) is 4.88. The molecule has 0 saturated carbocycles. The van der Waals surface area contributed by atoms with Gasteiger partial charge in [0.1, 0.15) is 5.75 Å². The molecule has 0 radical (unpaired) electrons. The van der Waals surface area contributed by atoms with Crippen LogP contribution in [-0.2, 0) is 4.79 Å². The molecule has 0 bridgehead atoms. The summed E-state index contributed by atoms with van der Waals surface area (Å²) in [4.78, 5) is 25.0. The first-order valence-electron chi connectivity index (χ1n) is 9.40. The fourth-order valence-corrected chi connectivity index (χ4v) is 2.90. The predicted molar refractivity (Wildman–Crippen MR) is 116 cm³/mol. The summed E-state index contributed by atoms with van der Waals surface area (Å²) in [5.41, 5.74) is 4.94. The summed E-state index contributed by atoms with van der Waals surface area (Å²) < 4.78 is 5.65. The van der Waals surface area contributed by atoms with Crippen molar-refractivity contribution in [3.8, 4) is 5.75 Å². The first-order chi connectivity index (χ1) is 14.0. The molecule has 5 nitrogen and oxygen atoms in total. The van der Waals surface area contributed by atoms with Crippen molar-refractivity contribution in [2.45, 2.75) is 20.8 Å². The number of para-hydroxylation sites is 2. The number of carbonyl (C=O) groups excluding carboxylic acids is 2. The van der Waals surface area contributed by atoms with Gasteiger partial charge in [-0.05, 0) is 61.7 Å². The monoisotopic (exact) mass is 388 g/mol. The molecule has 0 aliphatic carbocycles. The van der Waals surface area contributed by atoms with Crippen molar-refractivity contribution in [1.29, 1.82) is 0 Å². The van der Waals surface area contributed by atoms with Crippen LogP contribution in [0.5, 0.6) is 5.75 Å². The fraction of sp³-hybridized carbons (Fsp3) is 0.167. The zero-order chi connectivity index (χ0) is 20.8. The Balaban J connectivity index is 1.68. The third-order valence-electron chi connectivity index (χ3n) is 4.76. The third-order valence-corrected chi connectivity index (χ3v) is 4.76. The molecule has 0 fully saturated rings. The Bertz CT molecular complexity index is 1040. The van der Waals surface area contributed by atoms with Crippen molar-refractivity contribution in [2.75, 3.05) is 17.2 Å². The van der Waals surface area contributed by atoms with Crippen molar-refractivity contribution in [3.05, 3.63) is 89.0 Å². The van der Waals surface area contributed by atoms with Crippen LogP contribution in [-0.4, -0.2) is 18.4 Å². The summed E-state index contributed by atoms with van der Waals surface area (Å²) in [5, 5.41) is 5.74. The molecule has 0 aromatic heterocycles. The van der Waals surface area contributed by atoms with Crippen molar-refractivity contribution in [3.63, 3.8) is 0 Å². The SMILES string of the molecule is Cc1ccccc1NC(=O)COc1ccccc1C(=O)Nc1cccc(C)c1C. The summed E-state index contributed by atoms with van der Waals surface area (Å²) in [7, 11) is 0. The first-order valence-corrected chi connectivity index (χ1v) is 9.40. The van der Waals surface area contributed by atoms with E-state index >= 15 is 0 Å². The van der Waals surface area contributed by atoms with Crippen molar-refractivity contribution in [2.24, 2.45) is 0 Å². The number of benzene rings is 3. The van der Waals surface area contributed by atoms with Crippen LogP contribution in [0.25, 0.3) is 0 Å². The Morgan fingerprint density at radius 3 is 2.21 bits per heavy atom. The topological polar surface area (TPSA) is 67.4 Å². The molecule has 0 atom stereocenters. The van der Waals surface area contributed by atoms with Gasteiger partial charge in [-0.15, -0.1) is 0 Å². The van der Waals surface area contributed by atoms with E-state index in [4.69, 9.17) is 4.74 Å². The maximum Gasteiger partial charge on any atom is 0.262 e. The minimum absolute atomic E-state index is 0.192. The number of anilines is 2. The second-order valence-corrected chi connectivity index (χ2v) is 6.85. The second kappa shape index (κ2) is 9.06. The molecule has 0 spiro atoms. The molecule has 0 unspecified atom stereocenters. The number of rotatable bonds is 6. The minimum Gasteiger partial charge on any atom is -0.483 e. The molecule has 148 valence electrons. The van der Waals surface area contributed by atoms with Crippen LogP contribution in [0.4, 0.5) is 11.4 Å². The molecular weight excluding hydrogens is 364 g/mol. The summed E-state index contributed by atoms with van der Waals surface area (Å²) in [6.45, 7) is 5.68. The van der Waals surface area contributed by atoms with E-state index in [1.807, 2.05) is 63.2 Å². The lowest BCUT2D eigenvalue weighted by molar-refractivity contribution is -0.118. The number of aryl methyl sites for hydroxylation is 2. The van der Waals surface area contributed by atoms with E-state index in [0.717, 1.165) is 28.1 Å². The van der Waals surface area contributed by atoms with E-state index in [1.165, 1.54) is 0 Å². The van der Waals surface area contributed by atoms with E-state index in [1.54, 1.807) is 24.3 Å². The number of carbonyl (C=O) groups is 2. The lowest BCUT2D eigenvalue weighted by atomic mass is 10.1. The summed E-state index contributed by atoms with van der Waals surface area (Å²) in [6.07, 6.45) is 0. The molecule has 29 heavy (non-hydrogen) atoms. The van der Waals surface area contributed by atoms with Crippen LogP contribution >= 0.6 is 0 Å². The van der Waals surface area contributed by atoms with Crippen LogP contribution in [0.1, 0.15) is 27.0 Å². The maximum atomic E-state index is 12.8. The van der Waals surface area contributed by atoms with Crippen LogP contribution in [0.3, 0.4) is 0 Å². The third kappa shape index (κ3) is 5.02. The van der Waals surface area contributed by atoms with Gasteiger partial charge in [0.25, 0.3) is 11.8 Å². The Morgan fingerprint density at radius 2 is 1.41 bits per heavy atom. The maximum absolute atomic E-state index is 12.8. The average molecular weight is 388 g/mol. The zero-order valence-electron chi connectivity index (χ0n) is 16.8. The molecule has 5 heteroatoms. The number of ether oxygens (including phenoxy) is 1. The van der Waals surface area contributed by atoms with Gasteiger partial charge in [-0.1, -0.05) is 42.5 Å². The normalized spacial score (nSPS) is 10.3. The lowest BCUT2D eigenvalue weighted by Gasteiger charge is -2.14. The van der Waals surface area contributed by atoms with Gasteiger partial charge in [-0.25, -0.2) is 0 Å². The number of hydrogen-bond donors (Lipinski definition) is 2. The molecule has 0 saturated heterocycles. The van der Waals surface area contributed by atoms with Gasteiger partial charge in [0, 0.05) is 11.4 Å². The smallest absolute Gasteiger partial charge is 0.262 e. The van der Waals surface area contributed by atoms with Crippen molar-refractivity contribution < 1.29 is 14.3 Å². The van der Waals surface area contributed by atoms with E-state index in [0.29, 0.717) is 11.3 Å². The molecule has 2 amide bonds. The average Bonchev–Trinajstić information content (AvgIpc) is 2.72. The lowest BCUT2D eigenvalue weighted by Crippen LogP contribution is -2.22. The van der Waals surface area contributed by atoms with Crippen molar-refractivity contribution >= 4 is 23.2 Å². The summed E-state index contributed by atoms with van der Waals surface area (Å²) >= 11 is 0. The first kappa shape index (κ1) is 20.1. The molecule has 3 aromatic rings. The van der Waals surface area contributed by atoms with Crippen LogP contribution in [0.2, 0.25) is 0 Å². The number of amides is 2. The fourth-order valence-electron chi connectivity index (χ4n) is 2.90. The van der Waals surface area contributed by atoms with Gasteiger partial charge >= 0.3 is 0 Å². The van der Waals surface area contributed by atoms with E-state index in [9.17, 15) is 9.59 Å². The molecule has 0 heterocycles. The van der Waals surface area contributed by atoms with Gasteiger partial charge in [0.2, 0.25) is 0 Å². The van der Waals surface area contributed by atoms with Gasteiger partial charge in [0.15, 0.2) is 6.61 Å². The summed E-state index contributed by atoms with van der Waals surface area (Å²) in [6, 6.07) is 20.2. The molecule has 2 N–H and O–H groups in total. The number of hydrogen-bond acceptors (Lipinski definition) is 3. The van der Waals surface area contributed by atoms with Crippen molar-refractivity contribution in [1.82, 2.24) is 0 Å². The Labute approximate surface area is 170 Å². The highest BCUT2D eigenvalue weighted by atomic mass is 16.5. The van der Waals surface area contributed by atoms with Crippen LogP contribution < -0.4 is 15.4 Å². The van der Waals surface area contributed by atoms with Crippen LogP contribution in [0, 0.1) is 20.8 Å². The molecule has 3 rings (SSSR count). The van der Waals surface area contributed by atoms with Gasteiger partial charge < -0.3 is 15.4 Å². The van der Waals surface area contributed by atoms with E-state index in [2.05, 4.69) is 10.6 Å². The van der Waals surface area contributed by atoms with E-state index < -0.39 is 0 Å². The Kier molecular flexibility index (Phi) is 6.29. The Hall–Kier alpha value is -3.60. The van der Waals surface area contributed by atoms with Gasteiger partial charge in [-0.2, -0.15) is 0 Å². The molecule has 3 aromatic carbocycles. The van der Waals surface area contributed by atoms with Crippen LogP contribution in [0.15, 0.2) is 66.7 Å². The number of nitrogens with one attached hydrogen (secondary N) is 2. The summed E-state index contributed by atoms with van der Waals surface area (Å²) in [5.74, 6) is -0.215.